The zero-order chi connectivity index (χ0) is 11.9. The Morgan fingerprint density at radius 3 is 2.71 bits per heavy atom. The molecule has 3 heterocycles. The lowest BCUT2D eigenvalue weighted by atomic mass is 10.1. The number of ether oxygens (including phenoxy) is 1. The summed E-state index contributed by atoms with van der Waals surface area (Å²) in [6, 6.07) is 0. The Balaban J connectivity index is 2.19. The van der Waals surface area contributed by atoms with Gasteiger partial charge in [0, 0.05) is 12.4 Å². The first-order chi connectivity index (χ1) is 8.16. The third kappa shape index (κ3) is 1.71. The molecule has 0 N–H and O–H groups in total. The molecule has 2 aromatic rings. The smallest absolute Gasteiger partial charge is 0.238 e. The van der Waals surface area contributed by atoms with Crippen molar-refractivity contribution in [3.8, 4) is 0 Å². The van der Waals surface area contributed by atoms with E-state index in [4.69, 9.17) is 4.74 Å². The van der Waals surface area contributed by atoms with Crippen LogP contribution in [0.2, 0.25) is 0 Å². The van der Waals surface area contributed by atoms with Gasteiger partial charge in [0.05, 0.1) is 5.54 Å². The molecule has 6 nitrogen and oxygen atoms in total. The van der Waals surface area contributed by atoms with Crippen LogP contribution >= 0.6 is 0 Å². The van der Waals surface area contributed by atoms with Gasteiger partial charge in [-0.15, -0.1) is 0 Å². The van der Waals surface area contributed by atoms with E-state index in [9.17, 15) is 0 Å². The predicted molar refractivity (Wildman–Crippen MR) is 61.7 cm³/mol. The molecule has 0 aliphatic carbocycles. The van der Waals surface area contributed by atoms with E-state index in [1.54, 1.807) is 12.4 Å². The van der Waals surface area contributed by atoms with Crippen LogP contribution < -0.4 is 0 Å². The second kappa shape index (κ2) is 3.44. The van der Waals surface area contributed by atoms with Crippen molar-refractivity contribution in [1.29, 1.82) is 0 Å². The molecule has 3 rings (SSSR count). The van der Waals surface area contributed by atoms with Crippen LogP contribution in [-0.2, 0) is 4.74 Å². The summed E-state index contributed by atoms with van der Waals surface area (Å²) in [6.45, 7) is 4.57. The van der Waals surface area contributed by atoms with Gasteiger partial charge in [-0.1, -0.05) is 0 Å². The minimum atomic E-state index is -0.213. The summed E-state index contributed by atoms with van der Waals surface area (Å²) in [7, 11) is 0. The van der Waals surface area contributed by atoms with E-state index < -0.39 is 0 Å². The maximum atomic E-state index is 5.55. The average molecular weight is 229 g/mol. The second-order valence-corrected chi connectivity index (χ2v) is 4.47. The lowest BCUT2D eigenvalue weighted by Gasteiger charge is -2.07. The summed E-state index contributed by atoms with van der Waals surface area (Å²) in [4.78, 5) is 21.1. The third-order valence-electron chi connectivity index (χ3n) is 2.44. The molecule has 0 spiro atoms. The van der Waals surface area contributed by atoms with E-state index in [0.29, 0.717) is 29.4 Å². The molecule has 6 heteroatoms. The number of aliphatic imine (C=N–C) groups is 1. The van der Waals surface area contributed by atoms with Crippen molar-refractivity contribution >= 4 is 17.1 Å². The minimum absolute atomic E-state index is 0.213. The maximum absolute atomic E-state index is 5.55. The molecule has 0 fully saturated rings. The number of aromatic nitrogens is 4. The third-order valence-corrected chi connectivity index (χ3v) is 2.44. The van der Waals surface area contributed by atoms with E-state index in [1.807, 2.05) is 13.8 Å². The maximum Gasteiger partial charge on any atom is 0.238 e. The summed E-state index contributed by atoms with van der Waals surface area (Å²) in [5.74, 6) is 0.517. The Morgan fingerprint density at radius 2 is 1.94 bits per heavy atom. The molecule has 0 aromatic carbocycles. The highest BCUT2D eigenvalue weighted by Crippen LogP contribution is 2.21. The largest absolute Gasteiger partial charge is 0.474 e. The molecule has 0 unspecified atom stereocenters. The summed E-state index contributed by atoms with van der Waals surface area (Å²) in [5, 5.41) is 0. The van der Waals surface area contributed by atoms with Crippen LogP contribution in [0.5, 0.6) is 0 Å². The van der Waals surface area contributed by atoms with Gasteiger partial charge in [-0.25, -0.2) is 24.9 Å². The highest BCUT2D eigenvalue weighted by Gasteiger charge is 2.29. The van der Waals surface area contributed by atoms with Crippen molar-refractivity contribution in [3.05, 3.63) is 24.4 Å². The number of hydrogen-bond acceptors (Lipinski definition) is 6. The summed E-state index contributed by atoms with van der Waals surface area (Å²) in [6.07, 6.45) is 4.65. The molecule has 0 radical (unpaired) electrons. The Morgan fingerprint density at radius 1 is 1.12 bits per heavy atom. The summed E-state index contributed by atoms with van der Waals surface area (Å²) < 4.78 is 5.55. The highest BCUT2D eigenvalue weighted by atomic mass is 16.5. The summed E-state index contributed by atoms with van der Waals surface area (Å²) >= 11 is 0. The summed E-state index contributed by atoms with van der Waals surface area (Å²) in [5.41, 5.74) is 1.56. The van der Waals surface area contributed by atoms with Crippen molar-refractivity contribution in [2.24, 2.45) is 4.99 Å². The van der Waals surface area contributed by atoms with Gasteiger partial charge >= 0.3 is 0 Å². The van der Waals surface area contributed by atoms with Crippen LogP contribution in [0, 0.1) is 0 Å². The molecular weight excluding hydrogens is 218 g/mol. The molecule has 0 amide bonds. The van der Waals surface area contributed by atoms with Crippen LogP contribution in [0.4, 0.5) is 0 Å². The molecule has 0 atom stereocenters. The number of fused-ring (bicyclic) bond motifs is 1. The molecule has 0 bridgehead atoms. The molecular formula is C11H11N5O. The van der Waals surface area contributed by atoms with Gasteiger partial charge in [0.25, 0.3) is 0 Å². The predicted octanol–water partition coefficient (Wildman–Crippen LogP) is 0.975. The SMILES string of the molecule is CC1(C)COC(c2ncnc3nccnc23)=N1. The van der Waals surface area contributed by atoms with Crippen LogP contribution in [0.3, 0.4) is 0 Å². The first-order valence-corrected chi connectivity index (χ1v) is 5.30. The van der Waals surface area contributed by atoms with Gasteiger partial charge in [0.1, 0.15) is 18.5 Å². The second-order valence-electron chi connectivity index (χ2n) is 4.47. The quantitative estimate of drug-likeness (QED) is 0.728. The Labute approximate surface area is 97.8 Å². The monoisotopic (exact) mass is 229 g/mol. The molecule has 0 saturated heterocycles. The first kappa shape index (κ1) is 10.1. The van der Waals surface area contributed by atoms with Gasteiger partial charge in [0.15, 0.2) is 11.3 Å². The Bertz CT molecular complexity index is 602. The normalized spacial score (nSPS) is 17.9. The standard InChI is InChI=1S/C11H11N5O/c1-11(2)5-17-10(16-11)8-7-9(15-6-14-8)13-4-3-12-7/h3-4,6H,5H2,1-2H3. The van der Waals surface area contributed by atoms with Crippen LogP contribution in [0.15, 0.2) is 23.7 Å². The van der Waals surface area contributed by atoms with Gasteiger partial charge in [-0.05, 0) is 13.8 Å². The van der Waals surface area contributed by atoms with Crippen LogP contribution in [0.1, 0.15) is 19.5 Å². The molecule has 86 valence electrons. The van der Waals surface area contributed by atoms with Gasteiger partial charge in [0.2, 0.25) is 5.90 Å². The highest BCUT2D eigenvalue weighted by molar-refractivity contribution is 6.02. The van der Waals surface area contributed by atoms with E-state index in [1.165, 1.54) is 6.33 Å². The fraction of sp³-hybridized carbons (Fsp3) is 0.364. The van der Waals surface area contributed by atoms with Crippen LogP contribution in [-0.4, -0.2) is 38.0 Å². The fourth-order valence-corrected chi connectivity index (χ4v) is 1.66. The van der Waals surface area contributed by atoms with Crippen LogP contribution in [0.25, 0.3) is 11.2 Å². The fourth-order valence-electron chi connectivity index (χ4n) is 1.66. The van der Waals surface area contributed by atoms with Crippen molar-refractivity contribution < 1.29 is 4.74 Å². The van der Waals surface area contributed by atoms with Crippen molar-refractivity contribution in [3.63, 3.8) is 0 Å². The van der Waals surface area contributed by atoms with Crippen molar-refractivity contribution in [2.75, 3.05) is 6.61 Å². The first-order valence-electron chi connectivity index (χ1n) is 5.30. The molecule has 0 saturated carbocycles. The molecule has 1 aliphatic heterocycles. The molecule has 17 heavy (non-hydrogen) atoms. The lowest BCUT2D eigenvalue weighted by molar-refractivity contribution is 0.279. The minimum Gasteiger partial charge on any atom is -0.474 e. The van der Waals surface area contributed by atoms with Gasteiger partial charge in [-0.3, -0.25) is 0 Å². The number of nitrogens with zero attached hydrogens (tertiary/aromatic N) is 5. The Hall–Kier alpha value is -2.11. The number of hydrogen-bond donors (Lipinski definition) is 0. The van der Waals surface area contributed by atoms with Gasteiger partial charge < -0.3 is 4.74 Å². The average Bonchev–Trinajstić information content (AvgIpc) is 2.69. The lowest BCUT2D eigenvalue weighted by Crippen LogP contribution is -2.17. The van der Waals surface area contributed by atoms with E-state index >= 15 is 0 Å². The zero-order valence-electron chi connectivity index (χ0n) is 9.58. The Kier molecular flexibility index (Phi) is 2.04. The topological polar surface area (TPSA) is 73.2 Å². The van der Waals surface area contributed by atoms with E-state index in [0.717, 1.165) is 0 Å². The van der Waals surface area contributed by atoms with Crippen molar-refractivity contribution in [1.82, 2.24) is 19.9 Å². The zero-order valence-corrected chi connectivity index (χ0v) is 9.58. The van der Waals surface area contributed by atoms with E-state index in [-0.39, 0.29) is 5.54 Å². The van der Waals surface area contributed by atoms with Gasteiger partial charge in [-0.2, -0.15) is 0 Å². The molecule has 2 aromatic heterocycles. The number of rotatable bonds is 1. The van der Waals surface area contributed by atoms with Crippen molar-refractivity contribution in [2.45, 2.75) is 19.4 Å². The molecule has 1 aliphatic rings. The van der Waals surface area contributed by atoms with E-state index in [2.05, 4.69) is 24.9 Å².